The van der Waals surface area contributed by atoms with Crippen molar-refractivity contribution in [3.05, 3.63) is 69.0 Å². The molecule has 0 bridgehead atoms. The molecule has 0 aliphatic carbocycles. The number of benzene rings is 2. The first-order chi connectivity index (χ1) is 13.1. The first-order valence-corrected chi connectivity index (χ1v) is 9.72. The maximum Gasteiger partial charge on any atom is 0.346 e. The van der Waals surface area contributed by atoms with Gasteiger partial charge in [0.2, 0.25) is 4.96 Å². The lowest BCUT2D eigenvalue weighted by Crippen LogP contribution is -2.03. The van der Waals surface area contributed by atoms with E-state index in [1.54, 1.807) is 16.6 Å². The normalized spacial score (nSPS) is 11.5. The highest BCUT2D eigenvalue weighted by Crippen LogP contribution is 2.29. The number of hydrogen-bond acceptors (Lipinski definition) is 6. The van der Waals surface area contributed by atoms with Crippen LogP contribution in [0.3, 0.4) is 0 Å². The van der Waals surface area contributed by atoms with Crippen molar-refractivity contribution in [1.82, 2.24) is 19.8 Å². The zero-order valence-corrected chi connectivity index (χ0v) is 16.4. The highest BCUT2D eigenvalue weighted by atomic mass is 79.9. The Morgan fingerprint density at radius 2 is 1.89 bits per heavy atom. The van der Waals surface area contributed by atoms with Crippen LogP contribution in [0.2, 0.25) is 0 Å². The van der Waals surface area contributed by atoms with E-state index < -0.39 is 5.63 Å². The molecule has 3 heterocycles. The van der Waals surface area contributed by atoms with Crippen molar-refractivity contribution in [3.63, 3.8) is 0 Å². The molecule has 0 saturated heterocycles. The van der Waals surface area contributed by atoms with Crippen molar-refractivity contribution < 1.29 is 4.42 Å². The lowest BCUT2D eigenvalue weighted by atomic mass is 10.1. The van der Waals surface area contributed by atoms with Crippen molar-refractivity contribution in [1.29, 1.82) is 0 Å². The van der Waals surface area contributed by atoms with Gasteiger partial charge in [-0.05, 0) is 31.2 Å². The van der Waals surface area contributed by atoms with Gasteiger partial charge in [0.15, 0.2) is 10.8 Å². The van der Waals surface area contributed by atoms with Gasteiger partial charge < -0.3 is 4.42 Å². The Morgan fingerprint density at radius 1 is 1.07 bits per heavy atom. The molecule has 0 amide bonds. The highest BCUT2D eigenvalue weighted by Gasteiger charge is 2.17. The molecular weight excluding hydrogens is 428 g/mol. The topological polar surface area (TPSA) is 73.3 Å². The summed E-state index contributed by atoms with van der Waals surface area (Å²) in [6.07, 6.45) is 0. The molecule has 27 heavy (non-hydrogen) atoms. The molecule has 0 fully saturated rings. The van der Waals surface area contributed by atoms with Gasteiger partial charge in [0.1, 0.15) is 5.58 Å². The van der Waals surface area contributed by atoms with E-state index in [-0.39, 0.29) is 0 Å². The number of aromatic nitrogens is 4. The van der Waals surface area contributed by atoms with Crippen LogP contribution in [-0.2, 0) is 0 Å². The summed E-state index contributed by atoms with van der Waals surface area (Å²) in [6, 6.07) is 15.3. The van der Waals surface area contributed by atoms with Crippen LogP contribution in [-0.4, -0.2) is 19.8 Å². The van der Waals surface area contributed by atoms with E-state index in [1.807, 2.05) is 43.3 Å². The minimum absolute atomic E-state index is 0.408. The molecule has 0 N–H and O–H groups in total. The number of nitrogens with zero attached hydrogens (tertiary/aromatic N) is 4. The van der Waals surface area contributed by atoms with Crippen LogP contribution in [0, 0.1) is 6.92 Å². The Labute approximate surface area is 165 Å². The minimum atomic E-state index is -0.424. The van der Waals surface area contributed by atoms with Crippen LogP contribution in [0.1, 0.15) is 5.56 Å². The summed E-state index contributed by atoms with van der Waals surface area (Å²) < 4.78 is 8.02. The van der Waals surface area contributed by atoms with E-state index in [0.717, 1.165) is 15.4 Å². The number of aryl methyl sites for hydroxylation is 1. The van der Waals surface area contributed by atoms with E-state index in [4.69, 9.17) is 4.42 Å². The van der Waals surface area contributed by atoms with E-state index in [9.17, 15) is 4.79 Å². The van der Waals surface area contributed by atoms with E-state index in [2.05, 4.69) is 31.2 Å². The molecule has 3 aromatic heterocycles. The van der Waals surface area contributed by atoms with Crippen molar-refractivity contribution in [2.75, 3.05) is 0 Å². The van der Waals surface area contributed by atoms with Crippen LogP contribution in [0.5, 0.6) is 0 Å². The van der Waals surface area contributed by atoms with Crippen LogP contribution in [0.15, 0.2) is 62.2 Å². The van der Waals surface area contributed by atoms with Crippen molar-refractivity contribution in [2.45, 2.75) is 6.92 Å². The summed E-state index contributed by atoms with van der Waals surface area (Å²) >= 11 is 4.74. The molecule has 6 nitrogen and oxygen atoms in total. The summed E-state index contributed by atoms with van der Waals surface area (Å²) in [5, 5.41) is 14.4. The molecule has 0 unspecified atom stereocenters. The molecule has 2 aromatic carbocycles. The van der Waals surface area contributed by atoms with Gasteiger partial charge in [-0.15, -0.1) is 10.2 Å². The van der Waals surface area contributed by atoms with Crippen molar-refractivity contribution in [3.8, 4) is 22.0 Å². The zero-order valence-electron chi connectivity index (χ0n) is 14.0. The molecule has 0 aliphatic heterocycles. The second-order valence-corrected chi connectivity index (χ2v) is 7.99. The van der Waals surface area contributed by atoms with Crippen LogP contribution >= 0.6 is 27.3 Å². The smallest absolute Gasteiger partial charge is 0.346 e. The monoisotopic (exact) mass is 438 g/mol. The van der Waals surface area contributed by atoms with E-state index in [1.165, 1.54) is 16.9 Å². The maximum atomic E-state index is 12.5. The average Bonchev–Trinajstić information content (AvgIpc) is 3.23. The third-order valence-electron chi connectivity index (χ3n) is 4.23. The highest BCUT2D eigenvalue weighted by molar-refractivity contribution is 9.10. The first kappa shape index (κ1) is 16.3. The first-order valence-electron chi connectivity index (χ1n) is 8.11. The molecule has 0 spiro atoms. The predicted octanol–water partition coefficient (Wildman–Crippen LogP) is 4.70. The Hall–Kier alpha value is -2.84. The quantitative estimate of drug-likeness (QED) is 0.373. The molecule has 0 aliphatic rings. The molecule has 132 valence electrons. The second-order valence-electron chi connectivity index (χ2n) is 6.12. The third-order valence-corrected chi connectivity index (χ3v) is 5.65. The predicted molar refractivity (Wildman–Crippen MR) is 108 cm³/mol. The van der Waals surface area contributed by atoms with Gasteiger partial charge in [-0.3, -0.25) is 0 Å². The third kappa shape index (κ3) is 2.77. The Kier molecular flexibility index (Phi) is 3.70. The van der Waals surface area contributed by atoms with Gasteiger partial charge in [0, 0.05) is 15.4 Å². The largest absolute Gasteiger partial charge is 0.422 e. The fourth-order valence-corrected chi connectivity index (χ4v) is 4.07. The lowest BCUT2D eigenvalue weighted by molar-refractivity contribution is 0.563. The second kappa shape index (κ2) is 6.11. The van der Waals surface area contributed by atoms with Gasteiger partial charge >= 0.3 is 5.63 Å². The summed E-state index contributed by atoms with van der Waals surface area (Å²) in [5.41, 5.74) is 2.60. The summed E-state index contributed by atoms with van der Waals surface area (Å²) in [5.74, 6) is 0.639. The lowest BCUT2D eigenvalue weighted by Gasteiger charge is -2.00. The van der Waals surface area contributed by atoms with Crippen molar-refractivity contribution in [2.24, 2.45) is 0 Å². The number of fused-ring (bicyclic) bond motifs is 2. The molecule has 0 radical (unpaired) electrons. The average molecular weight is 439 g/mol. The van der Waals surface area contributed by atoms with Crippen LogP contribution in [0.4, 0.5) is 0 Å². The number of rotatable bonds is 2. The Balaban J connectivity index is 1.68. The fourth-order valence-electron chi connectivity index (χ4n) is 2.85. The minimum Gasteiger partial charge on any atom is -0.422 e. The molecular formula is C19H11BrN4O2S. The van der Waals surface area contributed by atoms with Crippen LogP contribution in [0.25, 0.3) is 37.9 Å². The summed E-state index contributed by atoms with van der Waals surface area (Å²) in [6.45, 7) is 2.03. The Morgan fingerprint density at radius 3 is 2.70 bits per heavy atom. The van der Waals surface area contributed by atoms with E-state index >= 15 is 0 Å². The van der Waals surface area contributed by atoms with Gasteiger partial charge in [-0.2, -0.15) is 9.61 Å². The zero-order chi connectivity index (χ0) is 18.5. The van der Waals surface area contributed by atoms with Gasteiger partial charge in [0.25, 0.3) is 0 Å². The maximum absolute atomic E-state index is 12.5. The standard InChI is InChI=1S/C19H11BrN4O2S/c1-10-2-4-11(5-3-10)16-21-22-19-24(16)23-17(27-19)14-9-12-8-13(20)6-7-15(12)26-18(14)25/h2-9H,1H3. The van der Waals surface area contributed by atoms with Crippen LogP contribution < -0.4 is 5.63 Å². The number of hydrogen-bond donors (Lipinski definition) is 0. The van der Waals surface area contributed by atoms with Crippen molar-refractivity contribution >= 4 is 43.2 Å². The Bertz CT molecular complexity index is 1370. The number of halogens is 1. The van der Waals surface area contributed by atoms with Gasteiger partial charge in [0.05, 0.1) is 5.56 Å². The molecule has 0 saturated carbocycles. The molecule has 8 heteroatoms. The molecule has 5 aromatic rings. The SMILES string of the molecule is Cc1ccc(-c2nnc3sc(-c4cc5cc(Br)ccc5oc4=O)nn23)cc1. The fraction of sp³-hybridized carbons (Fsp3) is 0.0526. The summed E-state index contributed by atoms with van der Waals surface area (Å²) in [7, 11) is 0. The summed E-state index contributed by atoms with van der Waals surface area (Å²) in [4.78, 5) is 13.1. The molecule has 5 rings (SSSR count). The van der Waals surface area contributed by atoms with Gasteiger partial charge in [-0.1, -0.05) is 57.1 Å². The van der Waals surface area contributed by atoms with Gasteiger partial charge in [-0.25, -0.2) is 4.79 Å². The van der Waals surface area contributed by atoms with E-state index in [0.29, 0.717) is 26.9 Å². The molecule has 0 atom stereocenters.